The molecular formula is C14H18ClN3O. The van der Waals surface area contributed by atoms with E-state index in [9.17, 15) is 0 Å². The van der Waals surface area contributed by atoms with Gasteiger partial charge in [0, 0.05) is 19.5 Å². The first-order valence-corrected chi connectivity index (χ1v) is 6.68. The maximum atomic E-state index is 5.94. The van der Waals surface area contributed by atoms with E-state index in [0.717, 1.165) is 30.0 Å². The zero-order valence-electron chi connectivity index (χ0n) is 11.0. The van der Waals surface area contributed by atoms with Gasteiger partial charge in [-0.3, -0.25) is 4.68 Å². The summed E-state index contributed by atoms with van der Waals surface area (Å²) in [4.78, 5) is 0. The molecular weight excluding hydrogens is 262 g/mol. The Kier molecular flexibility index (Phi) is 4.82. The number of nitrogens with zero attached hydrogens (tertiary/aromatic N) is 2. The van der Waals surface area contributed by atoms with Crippen LogP contribution in [0.15, 0.2) is 30.5 Å². The molecule has 0 aliphatic carbocycles. The second kappa shape index (κ2) is 6.59. The predicted molar refractivity (Wildman–Crippen MR) is 76.4 cm³/mol. The van der Waals surface area contributed by atoms with Gasteiger partial charge in [-0.15, -0.1) is 0 Å². The number of aromatic nitrogens is 2. The Hall–Kier alpha value is -1.52. The SMILES string of the molecule is Cc1c(Cl)cnn1CCCOc1ccc(CN)cc1. The average molecular weight is 280 g/mol. The number of ether oxygens (including phenoxy) is 1. The van der Waals surface area contributed by atoms with Crippen LogP contribution >= 0.6 is 11.6 Å². The van der Waals surface area contributed by atoms with Gasteiger partial charge in [0.25, 0.3) is 0 Å². The number of benzene rings is 1. The molecule has 5 heteroatoms. The van der Waals surface area contributed by atoms with Gasteiger partial charge >= 0.3 is 0 Å². The Morgan fingerprint density at radius 1 is 1.32 bits per heavy atom. The standard InChI is InChI=1S/C14H18ClN3O/c1-11-14(15)10-17-18(11)7-2-8-19-13-5-3-12(9-16)4-6-13/h3-6,10H,2,7-9,16H2,1H3. The van der Waals surface area contributed by atoms with E-state index in [1.165, 1.54) is 0 Å². The molecule has 0 unspecified atom stereocenters. The summed E-state index contributed by atoms with van der Waals surface area (Å²) in [5.41, 5.74) is 7.64. The molecule has 0 amide bonds. The van der Waals surface area contributed by atoms with Crippen molar-refractivity contribution in [1.29, 1.82) is 0 Å². The van der Waals surface area contributed by atoms with Crippen molar-refractivity contribution >= 4 is 11.6 Å². The van der Waals surface area contributed by atoms with Gasteiger partial charge in [-0.25, -0.2) is 0 Å². The van der Waals surface area contributed by atoms with E-state index in [4.69, 9.17) is 22.1 Å². The molecule has 0 fully saturated rings. The van der Waals surface area contributed by atoms with Crippen molar-refractivity contribution in [2.45, 2.75) is 26.4 Å². The molecule has 0 saturated heterocycles. The predicted octanol–water partition coefficient (Wildman–Crippen LogP) is 2.77. The van der Waals surface area contributed by atoms with Gasteiger partial charge in [-0.2, -0.15) is 5.10 Å². The number of halogens is 1. The van der Waals surface area contributed by atoms with Crippen molar-refractivity contribution in [3.05, 3.63) is 46.7 Å². The van der Waals surface area contributed by atoms with Gasteiger partial charge in [0.1, 0.15) is 5.75 Å². The molecule has 0 bridgehead atoms. The zero-order valence-corrected chi connectivity index (χ0v) is 11.7. The molecule has 19 heavy (non-hydrogen) atoms. The van der Waals surface area contributed by atoms with Crippen molar-refractivity contribution < 1.29 is 4.74 Å². The van der Waals surface area contributed by atoms with E-state index in [1.54, 1.807) is 6.20 Å². The minimum absolute atomic E-state index is 0.555. The third kappa shape index (κ3) is 3.72. The van der Waals surface area contributed by atoms with Crippen molar-refractivity contribution in [1.82, 2.24) is 9.78 Å². The van der Waals surface area contributed by atoms with Crippen LogP contribution in [0.25, 0.3) is 0 Å². The Balaban J connectivity index is 1.76. The van der Waals surface area contributed by atoms with Crippen LogP contribution < -0.4 is 10.5 Å². The lowest BCUT2D eigenvalue weighted by Gasteiger charge is -2.08. The molecule has 0 saturated carbocycles. The minimum Gasteiger partial charge on any atom is -0.494 e. The second-order valence-corrected chi connectivity index (χ2v) is 4.76. The largest absolute Gasteiger partial charge is 0.494 e. The molecule has 2 aromatic rings. The fraction of sp³-hybridized carbons (Fsp3) is 0.357. The number of rotatable bonds is 6. The highest BCUT2D eigenvalue weighted by Gasteiger charge is 2.03. The lowest BCUT2D eigenvalue weighted by molar-refractivity contribution is 0.298. The molecule has 0 atom stereocenters. The van der Waals surface area contributed by atoms with Gasteiger partial charge in [0.15, 0.2) is 0 Å². The van der Waals surface area contributed by atoms with E-state index < -0.39 is 0 Å². The molecule has 0 spiro atoms. The summed E-state index contributed by atoms with van der Waals surface area (Å²) in [6, 6.07) is 7.84. The summed E-state index contributed by atoms with van der Waals surface area (Å²) in [5.74, 6) is 0.868. The highest BCUT2D eigenvalue weighted by Crippen LogP contribution is 2.14. The molecule has 1 aromatic carbocycles. The first-order valence-electron chi connectivity index (χ1n) is 6.30. The van der Waals surface area contributed by atoms with Gasteiger partial charge in [0.05, 0.1) is 23.5 Å². The number of hydrogen-bond donors (Lipinski definition) is 1. The fourth-order valence-corrected chi connectivity index (χ4v) is 1.92. The van der Waals surface area contributed by atoms with E-state index >= 15 is 0 Å². The zero-order chi connectivity index (χ0) is 13.7. The highest BCUT2D eigenvalue weighted by atomic mass is 35.5. The van der Waals surface area contributed by atoms with Crippen LogP contribution in [0, 0.1) is 6.92 Å². The van der Waals surface area contributed by atoms with E-state index in [0.29, 0.717) is 18.2 Å². The smallest absolute Gasteiger partial charge is 0.119 e. The summed E-state index contributed by atoms with van der Waals surface area (Å²) < 4.78 is 7.55. The van der Waals surface area contributed by atoms with Gasteiger partial charge in [0.2, 0.25) is 0 Å². The third-order valence-corrected chi connectivity index (χ3v) is 3.36. The van der Waals surface area contributed by atoms with E-state index in [2.05, 4.69) is 5.10 Å². The molecule has 0 radical (unpaired) electrons. The van der Waals surface area contributed by atoms with Crippen molar-refractivity contribution in [2.75, 3.05) is 6.61 Å². The van der Waals surface area contributed by atoms with E-state index in [1.807, 2.05) is 35.9 Å². The van der Waals surface area contributed by atoms with Crippen molar-refractivity contribution in [3.63, 3.8) is 0 Å². The third-order valence-electron chi connectivity index (χ3n) is 2.99. The normalized spacial score (nSPS) is 10.7. The highest BCUT2D eigenvalue weighted by molar-refractivity contribution is 6.31. The van der Waals surface area contributed by atoms with Gasteiger partial charge < -0.3 is 10.5 Å². The maximum Gasteiger partial charge on any atom is 0.119 e. The summed E-state index contributed by atoms with van der Waals surface area (Å²) >= 11 is 5.94. The molecule has 4 nitrogen and oxygen atoms in total. The van der Waals surface area contributed by atoms with Gasteiger partial charge in [-0.05, 0) is 24.6 Å². The van der Waals surface area contributed by atoms with Crippen LogP contribution in [0.5, 0.6) is 5.75 Å². The lowest BCUT2D eigenvalue weighted by Crippen LogP contribution is -2.07. The maximum absolute atomic E-state index is 5.94. The van der Waals surface area contributed by atoms with Crippen LogP contribution in [-0.2, 0) is 13.1 Å². The molecule has 0 aliphatic heterocycles. The second-order valence-electron chi connectivity index (χ2n) is 4.35. The van der Waals surface area contributed by atoms with Crippen LogP contribution in [0.4, 0.5) is 0 Å². The van der Waals surface area contributed by atoms with Crippen LogP contribution in [0.2, 0.25) is 5.02 Å². The monoisotopic (exact) mass is 279 g/mol. The number of nitrogens with two attached hydrogens (primary N) is 1. The summed E-state index contributed by atoms with van der Waals surface area (Å²) in [6.45, 7) is 3.97. The Labute approximate surface area is 118 Å². The Bertz CT molecular complexity index is 522. The summed E-state index contributed by atoms with van der Waals surface area (Å²) in [7, 11) is 0. The fourth-order valence-electron chi connectivity index (χ4n) is 1.78. The van der Waals surface area contributed by atoms with Crippen LogP contribution in [-0.4, -0.2) is 16.4 Å². The average Bonchev–Trinajstić information content (AvgIpc) is 2.76. The molecule has 1 aromatic heterocycles. The summed E-state index contributed by atoms with van der Waals surface area (Å²) in [5, 5.41) is 4.90. The first-order chi connectivity index (χ1) is 9.20. The first kappa shape index (κ1) is 13.9. The molecule has 1 heterocycles. The van der Waals surface area contributed by atoms with Crippen molar-refractivity contribution in [3.8, 4) is 5.75 Å². The number of hydrogen-bond acceptors (Lipinski definition) is 3. The quantitative estimate of drug-likeness (QED) is 0.827. The van der Waals surface area contributed by atoms with Gasteiger partial charge in [-0.1, -0.05) is 23.7 Å². The van der Waals surface area contributed by atoms with Crippen LogP contribution in [0.1, 0.15) is 17.7 Å². The number of aryl methyl sites for hydroxylation is 1. The molecule has 2 N–H and O–H groups in total. The molecule has 0 aliphatic rings. The lowest BCUT2D eigenvalue weighted by atomic mass is 10.2. The topological polar surface area (TPSA) is 53.1 Å². The Morgan fingerprint density at radius 3 is 2.63 bits per heavy atom. The Morgan fingerprint density at radius 2 is 2.05 bits per heavy atom. The minimum atomic E-state index is 0.555. The summed E-state index contributed by atoms with van der Waals surface area (Å²) in [6.07, 6.45) is 2.56. The van der Waals surface area contributed by atoms with E-state index in [-0.39, 0.29) is 0 Å². The van der Waals surface area contributed by atoms with Crippen molar-refractivity contribution in [2.24, 2.45) is 5.73 Å². The molecule has 2 rings (SSSR count). The molecule has 102 valence electrons. The van der Waals surface area contributed by atoms with Crippen LogP contribution in [0.3, 0.4) is 0 Å².